The quantitative estimate of drug-likeness (QED) is 0.394. The summed E-state index contributed by atoms with van der Waals surface area (Å²) in [5, 5.41) is 2.24. The van der Waals surface area contributed by atoms with Gasteiger partial charge in [-0.15, -0.1) is 0 Å². The molecule has 1 aromatic rings. The lowest BCUT2D eigenvalue weighted by atomic mass is 10.3. The van der Waals surface area contributed by atoms with Gasteiger partial charge in [0.25, 0.3) is 0 Å². The number of benzene rings is 1. The van der Waals surface area contributed by atoms with Gasteiger partial charge in [0, 0.05) is 0 Å². The molecule has 0 aliphatic carbocycles. The van der Waals surface area contributed by atoms with Crippen molar-refractivity contribution in [1.29, 1.82) is 0 Å². The zero-order chi connectivity index (χ0) is 8.81. The maximum absolute atomic E-state index is 9.84. The third-order valence-corrected chi connectivity index (χ3v) is 1.29. The Morgan fingerprint density at radius 1 is 1.08 bits per heavy atom. The normalized spacial score (nSPS) is 8.00. The van der Waals surface area contributed by atoms with Crippen LogP contribution in [-0.2, 0) is 4.79 Å². The fourth-order valence-electron chi connectivity index (χ4n) is 0.707. The van der Waals surface area contributed by atoms with Gasteiger partial charge in [-0.25, -0.2) is 4.79 Å². The summed E-state index contributed by atoms with van der Waals surface area (Å²) in [6.07, 6.45) is 1.44. The summed E-state index contributed by atoms with van der Waals surface area (Å²) in [7, 11) is 0. The lowest BCUT2D eigenvalue weighted by Gasteiger charge is -1.90. The first-order valence-corrected chi connectivity index (χ1v) is 3.53. The average Bonchev–Trinajstić information content (AvgIpc) is 2.09. The minimum atomic E-state index is 0.549. The van der Waals surface area contributed by atoms with Crippen molar-refractivity contribution in [2.24, 2.45) is 9.98 Å². The van der Waals surface area contributed by atoms with Gasteiger partial charge in [0.05, 0.1) is 16.5 Å². The van der Waals surface area contributed by atoms with Crippen LogP contribution in [0.2, 0.25) is 0 Å². The molecule has 0 saturated carbocycles. The zero-order valence-electron chi connectivity index (χ0n) is 6.02. The Kier molecular flexibility index (Phi) is 3.05. The summed E-state index contributed by atoms with van der Waals surface area (Å²) in [4.78, 5) is 17.0. The number of thiocarbonyl (C=S) groups is 1. The second kappa shape index (κ2) is 4.31. The monoisotopic (exact) mass is 176 g/mol. The smallest absolute Gasteiger partial charge is 0.211 e. The van der Waals surface area contributed by atoms with Crippen LogP contribution in [0.25, 0.3) is 0 Å². The molecule has 4 heteroatoms. The molecule has 1 rings (SSSR count). The van der Waals surface area contributed by atoms with Crippen LogP contribution >= 0.6 is 12.2 Å². The van der Waals surface area contributed by atoms with E-state index in [1.165, 1.54) is 6.08 Å². The maximum Gasteiger partial charge on any atom is 0.240 e. The van der Waals surface area contributed by atoms with Gasteiger partial charge in [0.1, 0.15) is 0 Å². The first-order valence-electron chi connectivity index (χ1n) is 3.12. The van der Waals surface area contributed by atoms with E-state index < -0.39 is 0 Å². The third kappa shape index (κ3) is 2.22. The predicted octanol–water partition coefficient (Wildman–Crippen LogP) is 2.39. The van der Waals surface area contributed by atoms with E-state index >= 15 is 0 Å². The number of nitrogens with zero attached hydrogens (tertiary/aromatic N) is 2. The summed E-state index contributed by atoms with van der Waals surface area (Å²) < 4.78 is 0. The molecule has 0 unspecified atom stereocenters. The maximum atomic E-state index is 9.84. The molecule has 0 N–H and O–H groups in total. The van der Waals surface area contributed by atoms with Gasteiger partial charge >= 0.3 is 0 Å². The number of carbonyl (C=O) groups excluding carboxylic acids is 1. The molecule has 0 bridgehead atoms. The number of rotatable bonds is 2. The SMILES string of the molecule is O=C=Nc1ccc(N=C=S)cc1. The van der Waals surface area contributed by atoms with E-state index in [0.29, 0.717) is 11.4 Å². The third-order valence-electron chi connectivity index (χ3n) is 1.20. The van der Waals surface area contributed by atoms with Crippen molar-refractivity contribution in [3.05, 3.63) is 24.3 Å². The number of hydrogen-bond donors (Lipinski definition) is 0. The minimum absolute atomic E-state index is 0.549. The highest BCUT2D eigenvalue weighted by atomic mass is 32.1. The first-order chi connectivity index (χ1) is 5.86. The van der Waals surface area contributed by atoms with Gasteiger partial charge in [-0.3, -0.25) is 0 Å². The number of isothiocyanates is 1. The fourth-order valence-corrected chi connectivity index (χ4v) is 0.813. The fraction of sp³-hybridized carbons (Fsp3) is 0. The lowest BCUT2D eigenvalue weighted by Crippen LogP contribution is -1.64. The largest absolute Gasteiger partial charge is 0.240 e. The van der Waals surface area contributed by atoms with Crippen molar-refractivity contribution >= 4 is 34.8 Å². The topological polar surface area (TPSA) is 41.8 Å². The van der Waals surface area contributed by atoms with Crippen LogP contribution in [0.5, 0.6) is 0 Å². The molecule has 0 spiro atoms. The molecule has 0 radical (unpaired) electrons. The Hall–Kier alpha value is -1.60. The molecule has 0 saturated heterocycles. The minimum Gasteiger partial charge on any atom is -0.211 e. The van der Waals surface area contributed by atoms with Crippen LogP contribution < -0.4 is 0 Å². The molecule has 3 nitrogen and oxygen atoms in total. The number of aliphatic imine (C=N–C) groups is 2. The highest BCUT2D eigenvalue weighted by Crippen LogP contribution is 2.17. The van der Waals surface area contributed by atoms with Gasteiger partial charge < -0.3 is 0 Å². The van der Waals surface area contributed by atoms with Gasteiger partial charge in [-0.2, -0.15) is 9.98 Å². The molecule has 0 heterocycles. The van der Waals surface area contributed by atoms with Crippen LogP contribution in [-0.4, -0.2) is 11.2 Å². The standard InChI is InChI=1S/C8H4N2OS/c11-5-9-7-1-3-8(4-2-7)10-6-12/h1-4H. The van der Waals surface area contributed by atoms with Crippen molar-refractivity contribution in [2.45, 2.75) is 0 Å². The highest BCUT2D eigenvalue weighted by Gasteiger charge is 1.88. The number of isocyanates is 1. The van der Waals surface area contributed by atoms with Crippen molar-refractivity contribution in [1.82, 2.24) is 0 Å². The average molecular weight is 176 g/mol. The van der Waals surface area contributed by atoms with E-state index in [4.69, 9.17) is 0 Å². The summed E-state index contributed by atoms with van der Waals surface area (Å²) in [6.45, 7) is 0. The molecular formula is C8H4N2OS. The summed E-state index contributed by atoms with van der Waals surface area (Å²) in [5.41, 5.74) is 1.24. The van der Waals surface area contributed by atoms with Gasteiger partial charge in [0.15, 0.2) is 0 Å². The van der Waals surface area contributed by atoms with Crippen molar-refractivity contribution in [3.63, 3.8) is 0 Å². The molecule has 0 aromatic heterocycles. The summed E-state index contributed by atoms with van der Waals surface area (Å²) >= 11 is 4.42. The molecule has 0 fully saturated rings. The molecule has 0 aliphatic rings. The molecule has 12 heavy (non-hydrogen) atoms. The molecule has 1 aromatic carbocycles. The van der Waals surface area contributed by atoms with E-state index in [-0.39, 0.29) is 0 Å². The summed E-state index contributed by atoms with van der Waals surface area (Å²) in [6, 6.07) is 6.68. The van der Waals surface area contributed by atoms with E-state index in [0.717, 1.165) is 0 Å². The molecule has 58 valence electrons. The Morgan fingerprint density at radius 3 is 2.00 bits per heavy atom. The Balaban J connectivity index is 2.99. The van der Waals surface area contributed by atoms with Crippen LogP contribution in [0.1, 0.15) is 0 Å². The molecular weight excluding hydrogens is 172 g/mol. The van der Waals surface area contributed by atoms with Gasteiger partial charge in [-0.1, -0.05) is 0 Å². The Bertz CT molecular complexity index is 322. The van der Waals surface area contributed by atoms with E-state index in [2.05, 4.69) is 27.4 Å². The molecule has 0 atom stereocenters. The van der Waals surface area contributed by atoms with E-state index in [9.17, 15) is 4.79 Å². The predicted molar refractivity (Wildman–Crippen MR) is 48.9 cm³/mol. The van der Waals surface area contributed by atoms with Crippen molar-refractivity contribution in [3.8, 4) is 0 Å². The number of hydrogen-bond acceptors (Lipinski definition) is 4. The van der Waals surface area contributed by atoms with E-state index in [1.54, 1.807) is 24.3 Å². The Labute approximate surface area is 74.5 Å². The van der Waals surface area contributed by atoms with Crippen LogP contribution in [0.3, 0.4) is 0 Å². The lowest BCUT2D eigenvalue weighted by molar-refractivity contribution is 0.565. The second-order valence-corrected chi connectivity index (χ2v) is 2.11. The molecule has 0 amide bonds. The summed E-state index contributed by atoms with van der Waals surface area (Å²) in [5.74, 6) is 0. The van der Waals surface area contributed by atoms with Crippen LogP contribution in [0.4, 0.5) is 11.4 Å². The highest BCUT2D eigenvalue weighted by molar-refractivity contribution is 7.78. The van der Waals surface area contributed by atoms with Gasteiger partial charge in [0.2, 0.25) is 6.08 Å². The first kappa shape index (κ1) is 8.50. The van der Waals surface area contributed by atoms with Crippen molar-refractivity contribution in [2.75, 3.05) is 0 Å². The molecule has 0 aliphatic heterocycles. The van der Waals surface area contributed by atoms with Crippen LogP contribution in [0, 0.1) is 0 Å². The van der Waals surface area contributed by atoms with Crippen molar-refractivity contribution < 1.29 is 4.79 Å². The zero-order valence-corrected chi connectivity index (χ0v) is 6.84. The van der Waals surface area contributed by atoms with Crippen LogP contribution in [0.15, 0.2) is 34.3 Å². The van der Waals surface area contributed by atoms with E-state index in [1.807, 2.05) is 0 Å². The Morgan fingerprint density at radius 2 is 1.58 bits per heavy atom. The van der Waals surface area contributed by atoms with Gasteiger partial charge in [-0.05, 0) is 36.5 Å². The second-order valence-electron chi connectivity index (χ2n) is 1.92.